The number of anilines is 1. The summed E-state index contributed by atoms with van der Waals surface area (Å²) in [4.78, 5) is 15.1. The number of nitrogens with one attached hydrogen (secondary N) is 1. The fourth-order valence-electron chi connectivity index (χ4n) is 5.94. The van der Waals surface area contributed by atoms with E-state index in [4.69, 9.17) is 0 Å². The minimum Gasteiger partial charge on any atom is -0.363 e. The van der Waals surface area contributed by atoms with E-state index in [0.717, 1.165) is 12.0 Å². The molecule has 2 fully saturated rings. The molecule has 7 heteroatoms. The van der Waals surface area contributed by atoms with Gasteiger partial charge in [0.15, 0.2) is 0 Å². The third kappa shape index (κ3) is 2.74. The van der Waals surface area contributed by atoms with Gasteiger partial charge in [0.05, 0.1) is 29.1 Å². The van der Waals surface area contributed by atoms with E-state index in [1.54, 1.807) is 35.4 Å². The summed E-state index contributed by atoms with van der Waals surface area (Å²) in [6, 6.07) is 19.0. The second-order valence-corrected chi connectivity index (χ2v) is 10.1. The highest BCUT2D eigenvalue weighted by Gasteiger charge is 2.84. The average Bonchev–Trinajstić information content (AvgIpc) is 3.23. The van der Waals surface area contributed by atoms with Crippen molar-refractivity contribution in [3.8, 4) is 0 Å². The number of amides is 1. The number of rotatable bonds is 3. The van der Waals surface area contributed by atoms with Gasteiger partial charge in [0.25, 0.3) is 11.8 Å². The molecule has 0 radical (unpaired) electrons. The Morgan fingerprint density at radius 3 is 2.42 bits per heavy atom. The van der Waals surface area contributed by atoms with Crippen LogP contribution in [0.15, 0.2) is 66.9 Å². The predicted molar refractivity (Wildman–Crippen MR) is 121 cm³/mol. The first-order valence-electron chi connectivity index (χ1n) is 11.4. The Morgan fingerprint density at radius 1 is 1.06 bits per heavy atom. The third-order valence-corrected chi connectivity index (χ3v) is 7.75. The number of carbonyl (C=O) groups excluding carboxylic acids is 1. The molecule has 0 spiro atoms. The highest BCUT2D eigenvalue weighted by Crippen LogP contribution is 2.70. The van der Waals surface area contributed by atoms with Crippen LogP contribution in [0, 0.1) is 5.92 Å². The van der Waals surface area contributed by atoms with Crippen molar-refractivity contribution in [3.05, 3.63) is 83.6 Å². The molecule has 1 aromatic heterocycles. The van der Waals surface area contributed by atoms with Crippen molar-refractivity contribution in [2.45, 2.75) is 43.2 Å². The molecule has 3 aromatic rings. The van der Waals surface area contributed by atoms with Crippen LogP contribution in [0.2, 0.25) is 0 Å². The average molecular weight is 449 g/mol. The number of piperidine rings is 1. The van der Waals surface area contributed by atoms with Crippen LogP contribution in [0.5, 0.6) is 0 Å². The van der Waals surface area contributed by atoms with Crippen molar-refractivity contribution >= 4 is 11.7 Å². The molecule has 1 N–H and O–H groups in total. The number of halogens is 2. The number of aromatic nitrogens is 2. The summed E-state index contributed by atoms with van der Waals surface area (Å²) < 4.78 is 31.5. The van der Waals surface area contributed by atoms with Crippen LogP contribution in [0.25, 0.3) is 0 Å². The number of alkyl halides is 2. The van der Waals surface area contributed by atoms with Gasteiger partial charge >= 0.3 is 0 Å². The van der Waals surface area contributed by atoms with Crippen molar-refractivity contribution < 1.29 is 13.6 Å². The highest BCUT2D eigenvalue weighted by molar-refractivity contribution is 5.99. The van der Waals surface area contributed by atoms with Crippen LogP contribution in [-0.4, -0.2) is 39.6 Å². The van der Waals surface area contributed by atoms with Crippen LogP contribution in [0.3, 0.4) is 0 Å². The Balaban J connectivity index is 1.31. The lowest BCUT2D eigenvalue weighted by molar-refractivity contribution is 0.0394. The fraction of sp³-hybridized carbons (Fsp3) is 0.385. The Morgan fingerprint density at radius 2 is 1.73 bits per heavy atom. The molecule has 3 atom stereocenters. The molecular weight excluding hydrogens is 422 g/mol. The van der Waals surface area contributed by atoms with E-state index in [1.165, 1.54) is 0 Å². The van der Waals surface area contributed by atoms with E-state index >= 15 is 0 Å². The zero-order chi connectivity index (χ0) is 23.0. The first-order valence-corrected chi connectivity index (χ1v) is 11.4. The minimum atomic E-state index is -2.79. The summed E-state index contributed by atoms with van der Waals surface area (Å²) in [6.07, 6.45) is 2.39. The number of carbonyl (C=O) groups is 1. The molecule has 33 heavy (non-hydrogen) atoms. The molecule has 1 saturated carbocycles. The van der Waals surface area contributed by atoms with Gasteiger partial charge in [-0.25, -0.2) is 13.5 Å². The SMILES string of the molecule is CC1(C)C[C@H](c2ccccc2)Nc2c(C(=O)N3CC4C(F)(F)C4(c4ccccc4)C3)cnn21. The highest BCUT2D eigenvalue weighted by atomic mass is 19.3. The number of nitrogens with zero attached hydrogens (tertiary/aromatic N) is 3. The number of hydrogen-bond acceptors (Lipinski definition) is 3. The first-order chi connectivity index (χ1) is 15.8. The van der Waals surface area contributed by atoms with Crippen LogP contribution in [-0.2, 0) is 11.0 Å². The molecule has 2 aliphatic heterocycles. The molecule has 6 rings (SSSR count). The standard InChI is InChI=1S/C26H26F2N4O/c1-24(2)13-20(17-9-5-3-6-10-17)30-22-19(14-29-32(22)24)23(33)31-15-21-25(16-31,26(21,27)28)18-11-7-4-8-12-18/h3-12,14,20-21,30H,13,15-16H2,1-2H3/t20-,21?,25?/m1/s1. The van der Waals surface area contributed by atoms with Crippen LogP contribution in [0.1, 0.15) is 47.8 Å². The van der Waals surface area contributed by atoms with Gasteiger partial charge in [0.2, 0.25) is 0 Å². The zero-order valence-electron chi connectivity index (χ0n) is 18.6. The summed E-state index contributed by atoms with van der Waals surface area (Å²) in [6.45, 7) is 4.27. The van der Waals surface area contributed by atoms with Crippen LogP contribution < -0.4 is 5.32 Å². The van der Waals surface area contributed by atoms with Gasteiger partial charge in [-0.1, -0.05) is 60.7 Å². The van der Waals surface area contributed by atoms with Gasteiger partial charge in [-0.2, -0.15) is 5.10 Å². The van der Waals surface area contributed by atoms with Gasteiger partial charge in [-0.3, -0.25) is 4.79 Å². The van der Waals surface area contributed by atoms with E-state index < -0.39 is 17.3 Å². The summed E-state index contributed by atoms with van der Waals surface area (Å²) in [5.74, 6) is -3.22. The quantitative estimate of drug-likeness (QED) is 0.624. The second-order valence-electron chi connectivity index (χ2n) is 10.1. The van der Waals surface area contributed by atoms with Crippen molar-refractivity contribution in [1.29, 1.82) is 0 Å². The second kappa shape index (κ2) is 6.65. The maximum atomic E-state index is 14.8. The topological polar surface area (TPSA) is 50.2 Å². The van der Waals surface area contributed by atoms with Gasteiger partial charge in [-0.15, -0.1) is 0 Å². The largest absolute Gasteiger partial charge is 0.363 e. The summed E-state index contributed by atoms with van der Waals surface area (Å²) in [7, 11) is 0. The van der Waals surface area contributed by atoms with Crippen LogP contribution >= 0.6 is 0 Å². The molecule has 2 aromatic carbocycles. The fourth-order valence-corrected chi connectivity index (χ4v) is 5.94. The van der Waals surface area contributed by atoms with Gasteiger partial charge in [-0.05, 0) is 31.4 Å². The molecule has 1 amide bonds. The molecule has 5 nitrogen and oxygen atoms in total. The monoisotopic (exact) mass is 448 g/mol. The van der Waals surface area contributed by atoms with Crippen molar-refractivity contribution in [3.63, 3.8) is 0 Å². The molecule has 1 saturated heterocycles. The molecule has 170 valence electrons. The third-order valence-electron chi connectivity index (χ3n) is 7.75. The number of hydrogen-bond donors (Lipinski definition) is 1. The lowest BCUT2D eigenvalue weighted by Gasteiger charge is -2.38. The molecule has 2 unspecified atom stereocenters. The Kier molecular flexibility index (Phi) is 4.11. The summed E-state index contributed by atoms with van der Waals surface area (Å²) >= 11 is 0. The number of likely N-dealkylation sites (tertiary alicyclic amines) is 1. The maximum absolute atomic E-state index is 14.8. The molecule has 3 aliphatic rings. The summed E-state index contributed by atoms with van der Waals surface area (Å²) in [5.41, 5.74) is 0.607. The van der Waals surface area contributed by atoms with Crippen LogP contribution in [0.4, 0.5) is 14.6 Å². The zero-order valence-corrected chi connectivity index (χ0v) is 18.6. The minimum absolute atomic E-state index is 0.0175. The molecular formula is C26H26F2N4O. The molecule has 1 aliphatic carbocycles. The van der Waals surface area contributed by atoms with Gasteiger partial charge in [0, 0.05) is 13.1 Å². The smallest absolute Gasteiger partial charge is 0.265 e. The Hall–Kier alpha value is -3.22. The van der Waals surface area contributed by atoms with Crippen molar-refractivity contribution in [2.75, 3.05) is 18.4 Å². The summed E-state index contributed by atoms with van der Waals surface area (Å²) in [5, 5.41) is 8.03. The van der Waals surface area contributed by atoms with Gasteiger partial charge < -0.3 is 10.2 Å². The normalized spacial score (nSPS) is 28.5. The lowest BCUT2D eigenvalue weighted by Crippen LogP contribution is -2.40. The molecule has 3 heterocycles. The van der Waals surface area contributed by atoms with E-state index in [9.17, 15) is 13.6 Å². The predicted octanol–water partition coefficient (Wildman–Crippen LogP) is 4.83. The Labute approximate surface area is 191 Å². The molecule has 0 bridgehead atoms. The maximum Gasteiger partial charge on any atom is 0.265 e. The van der Waals surface area contributed by atoms with E-state index in [1.807, 2.05) is 28.9 Å². The van der Waals surface area contributed by atoms with Crippen molar-refractivity contribution in [2.24, 2.45) is 5.92 Å². The van der Waals surface area contributed by atoms with E-state index in [0.29, 0.717) is 16.9 Å². The van der Waals surface area contributed by atoms with E-state index in [-0.39, 0.29) is 30.6 Å². The number of fused-ring (bicyclic) bond motifs is 2. The van der Waals surface area contributed by atoms with Crippen molar-refractivity contribution in [1.82, 2.24) is 14.7 Å². The Bertz CT molecular complexity index is 1220. The van der Waals surface area contributed by atoms with E-state index in [2.05, 4.69) is 36.4 Å². The number of benzene rings is 2. The van der Waals surface area contributed by atoms with Gasteiger partial charge in [0.1, 0.15) is 11.4 Å². The lowest BCUT2D eigenvalue weighted by atomic mass is 9.89. The first kappa shape index (κ1) is 20.4.